The van der Waals surface area contributed by atoms with Gasteiger partial charge < -0.3 is 16.2 Å². The molecular formula is C12H17ClN2O. The van der Waals surface area contributed by atoms with Crippen molar-refractivity contribution < 1.29 is 5.11 Å². The van der Waals surface area contributed by atoms with Gasteiger partial charge in [0.1, 0.15) is 0 Å². The molecule has 0 unspecified atom stereocenters. The number of aliphatic hydroxyl groups is 1. The maximum atomic E-state index is 9.42. The number of nitrogens with two attached hydrogens (primary N) is 1. The van der Waals surface area contributed by atoms with Gasteiger partial charge in [-0.2, -0.15) is 0 Å². The second-order valence-corrected chi connectivity index (χ2v) is 4.76. The zero-order valence-corrected chi connectivity index (χ0v) is 9.87. The summed E-state index contributed by atoms with van der Waals surface area (Å²) in [6.07, 6.45) is 3.49. The second kappa shape index (κ2) is 4.93. The van der Waals surface area contributed by atoms with E-state index in [-0.39, 0.29) is 6.10 Å². The minimum Gasteiger partial charge on any atom is -0.397 e. The predicted molar refractivity (Wildman–Crippen MR) is 67.7 cm³/mol. The van der Waals surface area contributed by atoms with Crippen LogP contribution in [-0.4, -0.2) is 17.3 Å². The van der Waals surface area contributed by atoms with Crippen molar-refractivity contribution in [2.45, 2.75) is 37.8 Å². The molecule has 0 atom stereocenters. The molecule has 1 saturated carbocycles. The molecule has 16 heavy (non-hydrogen) atoms. The van der Waals surface area contributed by atoms with E-state index < -0.39 is 0 Å². The molecule has 0 heterocycles. The van der Waals surface area contributed by atoms with Crippen LogP contribution in [0.15, 0.2) is 18.2 Å². The van der Waals surface area contributed by atoms with Crippen LogP contribution in [0, 0.1) is 0 Å². The third-order valence-electron chi connectivity index (χ3n) is 3.09. The van der Waals surface area contributed by atoms with Crippen molar-refractivity contribution in [1.82, 2.24) is 0 Å². The monoisotopic (exact) mass is 240 g/mol. The van der Waals surface area contributed by atoms with Crippen molar-refractivity contribution in [1.29, 1.82) is 0 Å². The Hall–Kier alpha value is -0.930. The first-order valence-electron chi connectivity index (χ1n) is 5.65. The van der Waals surface area contributed by atoms with Gasteiger partial charge in [-0.25, -0.2) is 0 Å². The molecule has 88 valence electrons. The normalized spacial score (nSPS) is 25.4. The summed E-state index contributed by atoms with van der Waals surface area (Å²) in [5, 5.41) is 13.5. The van der Waals surface area contributed by atoms with Crippen LogP contribution < -0.4 is 11.1 Å². The number of nitrogen functional groups attached to an aromatic ring is 1. The highest BCUT2D eigenvalue weighted by Crippen LogP contribution is 2.31. The summed E-state index contributed by atoms with van der Waals surface area (Å²) in [5.74, 6) is 0. The van der Waals surface area contributed by atoms with Crippen molar-refractivity contribution >= 4 is 23.0 Å². The molecule has 1 aliphatic carbocycles. The smallest absolute Gasteiger partial charge is 0.0765 e. The van der Waals surface area contributed by atoms with Crippen LogP contribution in [0.2, 0.25) is 5.02 Å². The average Bonchev–Trinajstić information content (AvgIpc) is 2.26. The van der Waals surface area contributed by atoms with Gasteiger partial charge in [0.25, 0.3) is 0 Å². The molecule has 0 aromatic heterocycles. The molecule has 0 bridgehead atoms. The maximum absolute atomic E-state index is 9.42. The summed E-state index contributed by atoms with van der Waals surface area (Å²) in [7, 11) is 0. The minimum absolute atomic E-state index is 0.137. The molecule has 0 spiro atoms. The fourth-order valence-electron chi connectivity index (χ4n) is 2.12. The molecule has 4 heteroatoms. The van der Waals surface area contributed by atoms with Crippen molar-refractivity contribution in [3.05, 3.63) is 23.2 Å². The lowest BCUT2D eigenvalue weighted by Crippen LogP contribution is -2.28. The second-order valence-electron chi connectivity index (χ2n) is 4.35. The lowest BCUT2D eigenvalue weighted by atomic mass is 9.93. The Kier molecular flexibility index (Phi) is 3.56. The molecule has 1 aliphatic rings. The molecule has 0 aliphatic heterocycles. The van der Waals surface area contributed by atoms with Gasteiger partial charge in [-0.05, 0) is 37.8 Å². The highest BCUT2D eigenvalue weighted by atomic mass is 35.5. The number of rotatable bonds is 2. The van der Waals surface area contributed by atoms with Crippen molar-refractivity contribution in [3.8, 4) is 0 Å². The third kappa shape index (κ3) is 2.60. The zero-order chi connectivity index (χ0) is 11.5. The first-order chi connectivity index (χ1) is 7.66. The Morgan fingerprint density at radius 3 is 2.56 bits per heavy atom. The van der Waals surface area contributed by atoms with Crippen molar-refractivity contribution in [3.63, 3.8) is 0 Å². The predicted octanol–water partition coefficient (Wildman–Crippen LogP) is 2.64. The lowest BCUT2D eigenvalue weighted by Gasteiger charge is -2.27. The number of hydrogen-bond acceptors (Lipinski definition) is 3. The van der Waals surface area contributed by atoms with Crippen LogP contribution in [0.1, 0.15) is 25.7 Å². The molecule has 1 aromatic rings. The van der Waals surface area contributed by atoms with E-state index >= 15 is 0 Å². The van der Waals surface area contributed by atoms with Gasteiger partial charge in [0.2, 0.25) is 0 Å². The lowest BCUT2D eigenvalue weighted by molar-refractivity contribution is 0.126. The summed E-state index contributed by atoms with van der Waals surface area (Å²) in [6.45, 7) is 0. The first-order valence-corrected chi connectivity index (χ1v) is 6.03. The Balaban J connectivity index is 2.04. The van der Waals surface area contributed by atoms with E-state index in [1.54, 1.807) is 0 Å². The van der Waals surface area contributed by atoms with Crippen LogP contribution in [-0.2, 0) is 0 Å². The Bertz CT molecular complexity index is 342. The number of benzene rings is 1. The van der Waals surface area contributed by atoms with Gasteiger partial charge in [-0.3, -0.25) is 0 Å². The van der Waals surface area contributed by atoms with E-state index in [2.05, 4.69) is 5.32 Å². The van der Waals surface area contributed by atoms with Crippen LogP contribution in [0.25, 0.3) is 0 Å². The number of hydrogen-bond donors (Lipinski definition) is 3. The number of nitrogens with one attached hydrogen (secondary N) is 1. The summed E-state index contributed by atoms with van der Waals surface area (Å²) in [4.78, 5) is 0. The van der Waals surface area contributed by atoms with Crippen molar-refractivity contribution in [2.75, 3.05) is 11.1 Å². The number of anilines is 2. The molecule has 2 rings (SSSR count). The Labute approximate surface area is 101 Å². The topological polar surface area (TPSA) is 58.3 Å². The van der Waals surface area contributed by atoms with E-state index in [0.29, 0.717) is 16.8 Å². The van der Waals surface area contributed by atoms with Crippen LogP contribution in [0.3, 0.4) is 0 Å². The van der Waals surface area contributed by atoms with Gasteiger partial charge in [0.05, 0.1) is 22.5 Å². The van der Waals surface area contributed by atoms with Gasteiger partial charge >= 0.3 is 0 Å². The molecule has 1 fully saturated rings. The van der Waals surface area contributed by atoms with Crippen molar-refractivity contribution in [2.24, 2.45) is 0 Å². The third-order valence-corrected chi connectivity index (χ3v) is 3.41. The molecule has 0 amide bonds. The molecule has 0 radical (unpaired) electrons. The fourth-order valence-corrected chi connectivity index (χ4v) is 2.35. The van der Waals surface area contributed by atoms with E-state index in [9.17, 15) is 5.11 Å². The van der Waals surface area contributed by atoms with Gasteiger partial charge in [0.15, 0.2) is 0 Å². The number of halogens is 1. The maximum Gasteiger partial charge on any atom is 0.0765 e. The summed E-state index contributed by atoms with van der Waals surface area (Å²) >= 11 is 6.09. The first kappa shape index (κ1) is 11.6. The van der Waals surface area contributed by atoms with Crippen LogP contribution in [0.5, 0.6) is 0 Å². The highest BCUT2D eigenvalue weighted by molar-refractivity contribution is 6.33. The molecule has 4 N–H and O–H groups in total. The molecule has 3 nitrogen and oxygen atoms in total. The van der Waals surface area contributed by atoms with Gasteiger partial charge in [-0.15, -0.1) is 0 Å². The van der Waals surface area contributed by atoms with E-state index in [4.69, 9.17) is 17.3 Å². The SMILES string of the molecule is Nc1cccc(Cl)c1NC1CCC(O)CC1. The van der Waals surface area contributed by atoms with Crippen LogP contribution >= 0.6 is 11.6 Å². The molecule has 0 saturated heterocycles. The minimum atomic E-state index is -0.137. The van der Waals surface area contributed by atoms with Crippen LogP contribution in [0.4, 0.5) is 11.4 Å². The van der Waals surface area contributed by atoms with E-state index in [0.717, 1.165) is 31.4 Å². The quantitative estimate of drug-likeness (QED) is 0.697. The van der Waals surface area contributed by atoms with Gasteiger partial charge in [0, 0.05) is 6.04 Å². The Morgan fingerprint density at radius 2 is 1.94 bits per heavy atom. The number of aliphatic hydroxyl groups excluding tert-OH is 1. The summed E-state index contributed by atoms with van der Waals surface area (Å²) < 4.78 is 0. The zero-order valence-electron chi connectivity index (χ0n) is 9.12. The molecule has 1 aromatic carbocycles. The van der Waals surface area contributed by atoms with Gasteiger partial charge in [-0.1, -0.05) is 17.7 Å². The number of para-hydroxylation sites is 1. The fraction of sp³-hybridized carbons (Fsp3) is 0.500. The average molecular weight is 241 g/mol. The molecular weight excluding hydrogens is 224 g/mol. The Morgan fingerprint density at radius 1 is 1.25 bits per heavy atom. The van der Waals surface area contributed by atoms with E-state index in [1.807, 2.05) is 18.2 Å². The highest BCUT2D eigenvalue weighted by Gasteiger charge is 2.20. The standard InChI is InChI=1S/C12H17ClN2O/c13-10-2-1-3-11(14)12(10)15-8-4-6-9(16)7-5-8/h1-3,8-9,15-16H,4-7,14H2. The summed E-state index contributed by atoms with van der Waals surface area (Å²) in [5.41, 5.74) is 7.37. The van der Waals surface area contributed by atoms with E-state index in [1.165, 1.54) is 0 Å². The summed E-state index contributed by atoms with van der Waals surface area (Å²) in [6, 6.07) is 5.88. The largest absolute Gasteiger partial charge is 0.397 e.